The lowest BCUT2D eigenvalue weighted by molar-refractivity contribution is -0.158. The number of carbonyl (C=O) groups is 3. The summed E-state index contributed by atoms with van der Waals surface area (Å²) in [7, 11) is 0. The second-order valence-electron chi connectivity index (χ2n) is 7.35. The molecule has 3 aliphatic rings. The summed E-state index contributed by atoms with van der Waals surface area (Å²) < 4.78 is 11.7. The minimum absolute atomic E-state index is 0.153. The highest BCUT2D eigenvalue weighted by Crippen LogP contribution is 2.66. The number of ether oxygens (including phenoxy) is 2. The number of rotatable bonds is 3. The van der Waals surface area contributed by atoms with Gasteiger partial charge in [0.2, 0.25) is 5.91 Å². The van der Waals surface area contributed by atoms with Crippen molar-refractivity contribution in [3.63, 3.8) is 0 Å². The van der Waals surface area contributed by atoms with Crippen molar-refractivity contribution in [1.82, 2.24) is 0 Å². The molecule has 2 aromatic rings. The van der Waals surface area contributed by atoms with E-state index in [-0.39, 0.29) is 24.7 Å². The molecule has 1 aromatic carbocycles. The molecule has 144 valence electrons. The van der Waals surface area contributed by atoms with Crippen LogP contribution < -0.4 is 5.32 Å². The van der Waals surface area contributed by atoms with Gasteiger partial charge in [0.25, 0.3) is 0 Å². The normalized spacial score (nSPS) is 33.0. The molecule has 3 aliphatic heterocycles. The van der Waals surface area contributed by atoms with Crippen molar-refractivity contribution >= 4 is 34.7 Å². The molecule has 4 atom stereocenters. The molecule has 1 amide bonds. The number of carbonyl (C=O) groups excluding carboxylic acids is 3. The Bertz CT molecular complexity index is 986. The number of hydrogen-bond acceptors (Lipinski definition) is 6. The molecule has 0 unspecified atom stereocenters. The Morgan fingerprint density at radius 2 is 2.11 bits per heavy atom. The van der Waals surface area contributed by atoms with E-state index < -0.39 is 29.0 Å². The lowest BCUT2D eigenvalue weighted by Crippen LogP contribution is -2.55. The lowest BCUT2D eigenvalue weighted by Gasteiger charge is -2.42. The number of esters is 1. The van der Waals surface area contributed by atoms with Crippen LogP contribution in [0.4, 0.5) is 5.69 Å². The first-order valence-electron chi connectivity index (χ1n) is 9.38. The fraction of sp³-hybridized carbons (Fsp3) is 0.381. The largest absolute Gasteiger partial charge is 0.466 e. The van der Waals surface area contributed by atoms with E-state index in [1.165, 1.54) is 11.3 Å². The van der Waals surface area contributed by atoms with E-state index in [1.54, 1.807) is 6.92 Å². The van der Waals surface area contributed by atoms with Gasteiger partial charge < -0.3 is 14.8 Å². The summed E-state index contributed by atoms with van der Waals surface area (Å²) in [6, 6.07) is 11.2. The number of benzene rings is 1. The molecule has 4 heterocycles. The summed E-state index contributed by atoms with van der Waals surface area (Å²) in [4.78, 5) is 40.4. The Labute approximate surface area is 165 Å². The van der Waals surface area contributed by atoms with E-state index in [0.29, 0.717) is 17.7 Å². The van der Waals surface area contributed by atoms with Gasteiger partial charge in [-0.05, 0) is 36.4 Å². The van der Waals surface area contributed by atoms with Gasteiger partial charge in [-0.15, -0.1) is 11.3 Å². The van der Waals surface area contributed by atoms with Crippen molar-refractivity contribution in [2.75, 3.05) is 11.9 Å². The number of ketones is 1. The second kappa shape index (κ2) is 5.99. The molecule has 1 N–H and O–H groups in total. The van der Waals surface area contributed by atoms with Crippen LogP contribution in [0.25, 0.3) is 0 Å². The highest BCUT2D eigenvalue weighted by Gasteiger charge is 2.77. The molecule has 1 aromatic heterocycles. The highest BCUT2D eigenvalue weighted by molar-refractivity contribution is 7.10. The van der Waals surface area contributed by atoms with Crippen molar-refractivity contribution in [2.24, 2.45) is 5.92 Å². The lowest BCUT2D eigenvalue weighted by atomic mass is 9.60. The Kier molecular flexibility index (Phi) is 3.76. The third-order valence-electron chi connectivity index (χ3n) is 6.19. The van der Waals surface area contributed by atoms with Gasteiger partial charge >= 0.3 is 5.97 Å². The molecule has 0 aliphatic carbocycles. The highest BCUT2D eigenvalue weighted by atomic mass is 32.1. The molecule has 2 fully saturated rings. The van der Waals surface area contributed by atoms with Crippen molar-refractivity contribution < 1.29 is 23.9 Å². The quantitative estimate of drug-likeness (QED) is 0.806. The monoisotopic (exact) mass is 397 g/mol. The maximum atomic E-state index is 13.6. The number of para-hydroxylation sites is 1. The molecule has 1 spiro atoms. The fourth-order valence-corrected chi connectivity index (χ4v) is 6.17. The Balaban J connectivity index is 1.85. The fourth-order valence-electron chi connectivity index (χ4n) is 5.21. The van der Waals surface area contributed by atoms with Crippen molar-refractivity contribution in [2.45, 2.75) is 36.9 Å². The van der Waals surface area contributed by atoms with Crippen molar-refractivity contribution in [3.8, 4) is 0 Å². The molecule has 6 nitrogen and oxygen atoms in total. The summed E-state index contributed by atoms with van der Waals surface area (Å²) in [5.74, 6) is -2.04. The Hall–Kier alpha value is -2.51. The third-order valence-corrected chi connectivity index (χ3v) is 7.21. The van der Waals surface area contributed by atoms with Crippen LogP contribution in [0.1, 0.15) is 30.2 Å². The van der Waals surface area contributed by atoms with E-state index in [4.69, 9.17) is 9.47 Å². The predicted octanol–water partition coefficient (Wildman–Crippen LogP) is 2.77. The number of thiophene rings is 1. The molecular formula is C21H19NO5S. The zero-order valence-corrected chi connectivity index (χ0v) is 16.1. The zero-order chi connectivity index (χ0) is 19.5. The van der Waals surface area contributed by atoms with E-state index in [9.17, 15) is 14.4 Å². The molecular weight excluding hydrogens is 378 g/mol. The molecule has 7 heteroatoms. The van der Waals surface area contributed by atoms with Gasteiger partial charge in [-0.25, -0.2) is 0 Å². The van der Waals surface area contributed by atoms with Crippen molar-refractivity contribution in [3.05, 3.63) is 52.2 Å². The number of anilines is 1. The number of amides is 1. The van der Waals surface area contributed by atoms with Gasteiger partial charge in [0, 0.05) is 17.0 Å². The Morgan fingerprint density at radius 3 is 2.86 bits per heavy atom. The van der Waals surface area contributed by atoms with Gasteiger partial charge in [0.15, 0.2) is 5.78 Å². The van der Waals surface area contributed by atoms with Crippen molar-refractivity contribution in [1.29, 1.82) is 0 Å². The number of hydrogen-bond donors (Lipinski definition) is 1. The summed E-state index contributed by atoms with van der Waals surface area (Å²) in [5, 5.41) is 4.86. The summed E-state index contributed by atoms with van der Waals surface area (Å²) >= 11 is 1.48. The SMILES string of the molecule is CCOC(=O)[C@@H]1[C@H]2O[C@](c3cccs3)(CCC2=O)[C@@]12C(=O)Nc1ccccc12. The standard InChI is InChI=1S/C21H19NO5S/c1-2-26-18(24)16-17-14(23)9-10-20(27-17,15-8-5-11-28-15)21(16)12-6-3-4-7-13(12)22-19(21)25/h3-8,11,16-17H,2,9-10H2,1H3,(H,22,25)/t16-,17-,20-,21+/m0/s1. The molecule has 2 bridgehead atoms. The number of Topliss-reactive ketones (excluding diaryl/α,β-unsaturated/α-hetero) is 1. The van der Waals surface area contributed by atoms with Crippen LogP contribution in [0.3, 0.4) is 0 Å². The topological polar surface area (TPSA) is 81.7 Å². The van der Waals surface area contributed by atoms with E-state index in [0.717, 1.165) is 4.88 Å². The van der Waals surface area contributed by atoms with E-state index in [2.05, 4.69) is 5.32 Å². The molecule has 5 rings (SSSR count). The first-order chi connectivity index (χ1) is 13.6. The van der Waals surface area contributed by atoms with Crippen LogP contribution >= 0.6 is 11.3 Å². The Morgan fingerprint density at radius 1 is 1.29 bits per heavy atom. The smallest absolute Gasteiger partial charge is 0.313 e. The average molecular weight is 397 g/mol. The second-order valence-corrected chi connectivity index (χ2v) is 8.29. The van der Waals surface area contributed by atoms with E-state index in [1.807, 2.05) is 41.8 Å². The third kappa shape index (κ3) is 1.93. The van der Waals surface area contributed by atoms with Gasteiger partial charge in [0.1, 0.15) is 23.0 Å². The zero-order valence-electron chi connectivity index (χ0n) is 15.3. The van der Waals surface area contributed by atoms with Gasteiger partial charge in [-0.2, -0.15) is 0 Å². The van der Waals surface area contributed by atoms with E-state index >= 15 is 0 Å². The van der Waals surface area contributed by atoms with Gasteiger partial charge in [0.05, 0.1) is 6.61 Å². The van der Waals surface area contributed by atoms with Crippen LogP contribution in [-0.2, 0) is 34.9 Å². The number of nitrogens with one attached hydrogen (secondary N) is 1. The predicted molar refractivity (Wildman–Crippen MR) is 102 cm³/mol. The average Bonchev–Trinajstić information content (AvgIpc) is 3.37. The molecule has 2 saturated heterocycles. The maximum Gasteiger partial charge on any atom is 0.313 e. The van der Waals surface area contributed by atoms with Crippen LogP contribution in [0.5, 0.6) is 0 Å². The summed E-state index contributed by atoms with van der Waals surface area (Å²) in [6.07, 6.45) is -0.386. The van der Waals surface area contributed by atoms with Gasteiger partial charge in [-0.3, -0.25) is 14.4 Å². The molecule has 0 radical (unpaired) electrons. The van der Waals surface area contributed by atoms with Crippen LogP contribution in [0.2, 0.25) is 0 Å². The van der Waals surface area contributed by atoms with Crippen LogP contribution in [-0.4, -0.2) is 30.4 Å². The summed E-state index contributed by atoms with van der Waals surface area (Å²) in [6.45, 7) is 1.88. The van der Waals surface area contributed by atoms with Gasteiger partial charge in [-0.1, -0.05) is 24.3 Å². The molecule has 28 heavy (non-hydrogen) atoms. The molecule has 0 saturated carbocycles. The minimum atomic E-state index is -1.34. The summed E-state index contributed by atoms with van der Waals surface area (Å²) in [5.41, 5.74) is -1.06. The van der Waals surface area contributed by atoms with Crippen LogP contribution in [0.15, 0.2) is 41.8 Å². The first kappa shape index (κ1) is 17.6. The maximum absolute atomic E-state index is 13.6. The number of fused-ring (bicyclic) bond motifs is 5. The minimum Gasteiger partial charge on any atom is -0.466 e. The first-order valence-corrected chi connectivity index (χ1v) is 10.3. The van der Waals surface area contributed by atoms with Crippen LogP contribution in [0, 0.1) is 5.92 Å².